The van der Waals surface area contributed by atoms with Crippen LogP contribution < -0.4 is 15.0 Å². The summed E-state index contributed by atoms with van der Waals surface area (Å²) >= 11 is 0. The zero-order valence-electron chi connectivity index (χ0n) is 15.3. The van der Waals surface area contributed by atoms with Crippen molar-refractivity contribution < 1.29 is 19.1 Å². The van der Waals surface area contributed by atoms with Crippen LogP contribution in [-0.4, -0.2) is 62.7 Å². The van der Waals surface area contributed by atoms with Crippen molar-refractivity contribution in [1.29, 1.82) is 0 Å². The van der Waals surface area contributed by atoms with Crippen molar-refractivity contribution in [3.05, 3.63) is 18.2 Å². The van der Waals surface area contributed by atoms with Crippen LogP contribution in [0, 0.1) is 0 Å². The van der Waals surface area contributed by atoms with Gasteiger partial charge in [-0.05, 0) is 18.6 Å². The van der Waals surface area contributed by atoms with Crippen molar-refractivity contribution in [3.8, 4) is 5.75 Å². The largest absolute Gasteiger partial charge is 0.481 e. The third kappa shape index (κ3) is 4.74. The average molecular weight is 361 g/mol. The molecule has 1 saturated heterocycles. The summed E-state index contributed by atoms with van der Waals surface area (Å²) in [6, 6.07) is 5.47. The van der Waals surface area contributed by atoms with Crippen molar-refractivity contribution in [2.24, 2.45) is 0 Å². The lowest BCUT2D eigenvalue weighted by molar-refractivity contribution is -0.121. The number of amides is 2. The summed E-state index contributed by atoms with van der Waals surface area (Å²) in [7, 11) is 0. The van der Waals surface area contributed by atoms with E-state index in [0.717, 1.165) is 51.4 Å². The summed E-state index contributed by atoms with van der Waals surface area (Å²) in [6.07, 6.45) is 2.37. The maximum atomic E-state index is 12.3. The van der Waals surface area contributed by atoms with Gasteiger partial charge < -0.3 is 19.7 Å². The molecule has 0 radical (unpaired) electrons. The Morgan fingerprint density at radius 2 is 2.04 bits per heavy atom. The van der Waals surface area contributed by atoms with E-state index in [0.29, 0.717) is 24.4 Å². The highest BCUT2D eigenvalue weighted by Gasteiger charge is 2.26. The Labute approximate surface area is 154 Å². The zero-order valence-corrected chi connectivity index (χ0v) is 15.3. The third-order valence-electron chi connectivity index (χ3n) is 4.69. The number of hydrogen-bond donors (Lipinski definition) is 1. The summed E-state index contributed by atoms with van der Waals surface area (Å²) in [6.45, 7) is 6.80. The van der Waals surface area contributed by atoms with E-state index in [2.05, 4.69) is 17.1 Å². The molecule has 0 saturated carbocycles. The lowest BCUT2D eigenvalue weighted by atomic mass is 10.2. The molecule has 142 valence electrons. The van der Waals surface area contributed by atoms with Gasteiger partial charge in [0.15, 0.2) is 6.61 Å². The van der Waals surface area contributed by atoms with Crippen molar-refractivity contribution in [1.82, 2.24) is 4.90 Å². The second kappa shape index (κ2) is 9.00. The van der Waals surface area contributed by atoms with Crippen LogP contribution in [0.4, 0.5) is 11.4 Å². The number of carbonyl (C=O) groups is 2. The predicted octanol–water partition coefficient (Wildman–Crippen LogP) is 1.87. The van der Waals surface area contributed by atoms with E-state index < -0.39 is 0 Å². The van der Waals surface area contributed by atoms with Crippen molar-refractivity contribution in [2.75, 3.05) is 56.2 Å². The second-order valence-electron chi connectivity index (χ2n) is 6.62. The monoisotopic (exact) mass is 361 g/mol. The molecule has 0 aliphatic carbocycles. The number of unbranched alkanes of at least 4 members (excludes halogenated alkanes) is 1. The Bertz CT molecular complexity index is 644. The highest BCUT2D eigenvalue weighted by molar-refractivity contribution is 5.99. The highest BCUT2D eigenvalue weighted by atomic mass is 16.5. The topological polar surface area (TPSA) is 71.1 Å². The molecule has 1 fully saturated rings. The fraction of sp³-hybridized carbons (Fsp3) is 0.579. The SMILES string of the molecule is CCCCC(=O)Nc1ccc2c(c1)OCC(=O)N2CCN1CCOCC1. The molecule has 7 nitrogen and oxygen atoms in total. The van der Waals surface area contributed by atoms with E-state index in [4.69, 9.17) is 9.47 Å². The molecular formula is C19H27N3O4. The van der Waals surface area contributed by atoms with Crippen LogP contribution in [0.25, 0.3) is 0 Å². The van der Waals surface area contributed by atoms with Gasteiger partial charge >= 0.3 is 0 Å². The maximum absolute atomic E-state index is 12.3. The van der Waals surface area contributed by atoms with Gasteiger partial charge in [-0.25, -0.2) is 0 Å². The molecule has 1 N–H and O–H groups in total. The summed E-state index contributed by atoms with van der Waals surface area (Å²) in [5, 5.41) is 2.89. The Kier molecular flexibility index (Phi) is 6.46. The Morgan fingerprint density at radius 1 is 1.23 bits per heavy atom. The molecule has 3 rings (SSSR count). The summed E-state index contributed by atoms with van der Waals surface area (Å²) in [4.78, 5) is 28.3. The summed E-state index contributed by atoms with van der Waals surface area (Å²) in [5.41, 5.74) is 1.47. The average Bonchev–Trinajstić information content (AvgIpc) is 2.66. The van der Waals surface area contributed by atoms with E-state index in [1.54, 1.807) is 11.0 Å². The summed E-state index contributed by atoms with van der Waals surface area (Å²) in [5.74, 6) is 0.605. The van der Waals surface area contributed by atoms with Gasteiger partial charge in [0.05, 0.1) is 18.9 Å². The Morgan fingerprint density at radius 3 is 2.81 bits per heavy atom. The zero-order chi connectivity index (χ0) is 18.4. The molecule has 0 unspecified atom stereocenters. The minimum atomic E-state index is -0.0366. The first-order chi connectivity index (χ1) is 12.7. The van der Waals surface area contributed by atoms with Crippen LogP contribution in [0.15, 0.2) is 18.2 Å². The molecule has 1 aromatic carbocycles. The molecule has 0 spiro atoms. The van der Waals surface area contributed by atoms with Gasteiger partial charge in [-0.3, -0.25) is 14.5 Å². The normalized spacial score (nSPS) is 17.6. The standard InChI is InChI=1S/C19H27N3O4/c1-2-3-4-18(23)20-15-5-6-16-17(13-15)26-14-19(24)22(16)8-7-21-9-11-25-12-10-21/h5-6,13H,2-4,7-12,14H2,1H3,(H,20,23). The van der Waals surface area contributed by atoms with E-state index >= 15 is 0 Å². The van der Waals surface area contributed by atoms with Gasteiger partial charge in [0, 0.05) is 44.4 Å². The third-order valence-corrected chi connectivity index (χ3v) is 4.69. The number of ether oxygens (including phenoxy) is 2. The molecule has 1 aromatic rings. The molecule has 2 heterocycles. The van der Waals surface area contributed by atoms with Gasteiger partial charge in [0.25, 0.3) is 5.91 Å². The highest BCUT2D eigenvalue weighted by Crippen LogP contribution is 2.34. The molecule has 0 aromatic heterocycles. The number of hydrogen-bond acceptors (Lipinski definition) is 5. The molecule has 0 atom stereocenters. The number of benzene rings is 1. The molecule has 2 amide bonds. The van der Waals surface area contributed by atoms with Crippen LogP contribution in [0.5, 0.6) is 5.75 Å². The first kappa shape index (κ1) is 18.7. The van der Waals surface area contributed by atoms with Crippen LogP contribution >= 0.6 is 0 Å². The van der Waals surface area contributed by atoms with Crippen molar-refractivity contribution in [2.45, 2.75) is 26.2 Å². The fourth-order valence-corrected chi connectivity index (χ4v) is 3.15. The minimum Gasteiger partial charge on any atom is -0.481 e. The van der Waals surface area contributed by atoms with Crippen LogP contribution in [-0.2, 0) is 14.3 Å². The van der Waals surface area contributed by atoms with Gasteiger partial charge in [0.1, 0.15) is 5.75 Å². The molecule has 7 heteroatoms. The van der Waals surface area contributed by atoms with E-state index in [9.17, 15) is 9.59 Å². The van der Waals surface area contributed by atoms with Gasteiger partial charge in [-0.1, -0.05) is 13.3 Å². The first-order valence-electron chi connectivity index (χ1n) is 9.34. The van der Waals surface area contributed by atoms with E-state index in [-0.39, 0.29) is 18.4 Å². The van der Waals surface area contributed by atoms with Crippen LogP contribution in [0.3, 0.4) is 0 Å². The predicted molar refractivity (Wildman–Crippen MR) is 99.7 cm³/mol. The molecular weight excluding hydrogens is 334 g/mol. The van der Waals surface area contributed by atoms with E-state index in [1.807, 2.05) is 12.1 Å². The molecule has 0 bridgehead atoms. The number of nitrogens with one attached hydrogen (secondary N) is 1. The summed E-state index contributed by atoms with van der Waals surface area (Å²) < 4.78 is 10.9. The van der Waals surface area contributed by atoms with Gasteiger partial charge in [0.2, 0.25) is 5.91 Å². The lowest BCUT2D eigenvalue weighted by Crippen LogP contribution is -2.45. The minimum absolute atomic E-state index is 0.00265. The van der Waals surface area contributed by atoms with Gasteiger partial charge in [-0.15, -0.1) is 0 Å². The molecule has 26 heavy (non-hydrogen) atoms. The Balaban J connectivity index is 1.64. The number of carbonyl (C=O) groups excluding carboxylic acids is 2. The number of morpholine rings is 1. The van der Waals surface area contributed by atoms with Crippen LogP contribution in [0.2, 0.25) is 0 Å². The van der Waals surface area contributed by atoms with Gasteiger partial charge in [-0.2, -0.15) is 0 Å². The number of nitrogens with zero attached hydrogens (tertiary/aromatic N) is 2. The van der Waals surface area contributed by atoms with Crippen LogP contribution in [0.1, 0.15) is 26.2 Å². The van der Waals surface area contributed by atoms with Crippen molar-refractivity contribution >= 4 is 23.2 Å². The number of rotatable bonds is 7. The molecule has 2 aliphatic rings. The fourth-order valence-electron chi connectivity index (χ4n) is 3.15. The molecule has 2 aliphatic heterocycles. The van der Waals surface area contributed by atoms with Crippen molar-refractivity contribution in [3.63, 3.8) is 0 Å². The lowest BCUT2D eigenvalue weighted by Gasteiger charge is -2.33. The number of anilines is 2. The smallest absolute Gasteiger partial charge is 0.265 e. The second-order valence-corrected chi connectivity index (χ2v) is 6.62. The maximum Gasteiger partial charge on any atom is 0.265 e. The first-order valence-corrected chi connectivity index (χ1v) is 9.34. The Hall–Kier alpha value is -2.12. The number of fused-ring (bicyclic) bond motifs is 1. The quantitative estimate of drug-likeness (QED) is 0.803. The van der Waals surface area contributed by atoms with E-state index in [1.165, 1.54) is 0 Å².